The maximum absolute atomic E-state index is 11.2. The zero-order valence-electron chi connectivity index (χ0n) is 8.82. The molecule has 1 saturated heterocycles. The molecule has 14 heavy (non-hydrogen) atoms. The van der Waals surface area contributed by atoms with Crippen molar-refractivity contribution in [2.45, 2.75) is 38.9 Å². The molecule has 0 aliphatic carbocycles. The van der Waals surface area contributed by atoms with Gasteiger partial charge in [-0.2, -0.15) is 0 Å². The molecule has 2 unspecified atom stereocenters. The third-order valence-electron chi connectivity index (χ3n) is 2.17. The van der Waals surface area contributed by atoms with Gasteiger partial charge in [0.05, 0.1) is 19.3 Å². The number of carbonyl (C=O) groups excluding carboxylic acids is 1. The molecule has 0 radical (unpaired) electrons. The first-order valence-corrected chi connectivity index (χ1v) is 5.14. The lowest BCUT2D eigenvalue weighted by atomic mass is 10.2. The van der Waals surface area contributed by atoms with Crippen molar-refractivity contribution < 1.29 is 19.0 Å². The molecule has 1 aliphatic rings. The summed E-state index contributed by atoms with van der Waals surface area (Å²) in [5.74, 6) is -0.300. The average molecular weight is 202 g/mol. The third-order valence-corrected chi connectivity index (χ3v) is 2.17. The van der Waals surface area contributed by atoms with Crippen LogP contribution in [0, 0.1) is 0 Å². The molecule has 0 aromatic heterocycles. The van der Waals surface area contributed by atoms with E-state index in [1.54, 1.807) is 13.8 Å². The van der Waals surface area contributed by atoms with Crippen molar-refractivity contribution in [3.63, 3.8) is 0 Å². The highest BCUT2D eigenvalue weighted by Gasteiger charge is 2.20. The van der Waals surface area contributed by atoms with Crippen LogP contribution in [-0.2, 0) is 19.0 Å². The van der Waals surface area contributed by atoms with Gasteiger partial charge in [-0.1, -0.05) is 0 Å². The van der Waals surface area contributed by atoms with Crippen LogP contribution in [0.2, 0.25) is 0 Å². The highest BCUT2D eigenvalue weighted by atomic mass is 16.6. The number of rotatable bonds is 5. The van der Waals surface area contributed by atoms with Gasteiger partial charge in [0.1, 0.15) is 0 Å². The van der Waals surface area contributed by atoms with Gasteiger partial charge >= 0.3 is 5.97 Å². The van der Waals surface area contributed by atoms with E-state index < -0.39 is 6.10 Å². The van der Waals surface area contributed by atoms with Gasteiger partial charge in [-0.25, -0.2) is 4.79 Å². The zero-order valence-corrected chi connectivity index (χ0v) is 8.82. The Kier molecular flexibility index (Phi) is 4.90. The molecule has 1 aliphatic heterocycles. The van der Waals surface area contributed by atoms with Crippen LogP contribution in [0.5, 0.6) is 0 Å². The van der Waals surface area contributed by atoms with Gasteiger partial charge in [-0.15, -0.1) is 0 Å². The van der Waals surface area contributed by atoms with E-state index in [4.69, 9.17) is 14.2 Å². The van der Waals surface area contributed by atoms with E-state index in [9.17, 15) is 4.79 Å². The van der Waals surface area contributed by atoms with Crippen molar-refractivity contribution >= 4 is 5.97 Å². The molecule has 1 fully saturated rings. The number of ether oxygens (including phenoxy) is 3. The van der Waals surface area contributed by atoms with Gasteiger partial charge in [0, 0.05) is 6.61 Å². The number of hydrogen-bond donors (Lipinski definition) is 0. The van der Waals surface area contributed by atoms with Gasteiger partial charge in [-0.3, -0.25) is 0 Å². The van der Waals surface area contributed by atoms with E-state index in [2.05, 4.69) is 0 Å². The summed E-state index contributed by atoms with van der Waals surface area (Å²) in [4.78, 5) is 11.2. The first-order chi connectivity index (χ1) is 6.74. The van der Waals surface area contributed by atoms with Crippen LogP contribution in [0.1, 0.15) is 26.7 Å². The summed E-state index contributed by atoms with van der Waals surface area (Å²) in [6, 6.07) is 0. The van der Waals surface area contributed by atoms with Crippen molar-refractivity contribution in [3.05, 3.63) is 0 Å². The minimum absolute atomic E-state index is 0.159. The van der Waals surface area contributed by atoms with Crippen LogP contribution < -0.4 is 0 Å². The topological polar surface area (TPSA) is 44.8 Å². The standard InChI is InChI=1S/C10H18O4/c1-3-12-10(11)8(2)14-7-9-5-4-6-13-9/h8-9H,3-7H2,1-2H3. The summed E-state index contributed by atoms with van der Waals surface area (Å²) in [5.41, 5.74) is 0. The van der Waals surface area contributed by atoms with E-state index in [1.165, 1.54) is 0 Å². The van der Waals surface area contributed by atoms with Crippen LogP contribution in [0.15, 0.2) is 0 Å². The largest absolute Gasteiger partial charge is 0.464 e. The summed E-state index contributed by atoms with van der Waals surface area (Å²) in [6.45, 7) is 5.17. The maximum atomic E-state index is 11.2. The second kappa shape index (κ2) is 5.98. The Balaban J connectivity index is 2.13. The summed E-state index contributed by atoms with van der Waals surface area (Å²) < 4.78 is 15.5. The summed E-state index contributed by atoms with van der Waals surface area (Å²) in [6.07, 6.45) is 1.78. The molecule has 4 heteroatoms. The Labute approximate surface area is 84.5 Å². The zero-order chi connectivity index (χ0) is 10.4. The molecule has 2 atom stereocenters. The lowest BCUT2D eigenvalue weighted by Gasteiger charge is -2.14. The van der Waals surface area contributed by atoms with E-state index in [-0.39, 0.29) is 12.1 Å². The molecule has 0 saturated carbocycles. The smallest absolute Gasteiger partial charge is 0.334 e. The van der Waals surface area contributed by atoms with Crippen molar-refractivity contribution in [2.24, 2.45) is 0 Å². The molecule has 1 heterocycles. The van der Waals surface area contributed by atoms with Gasteiger partial charge < -0.3 is 14.2 Å². The Morgan fingerprint density at radius 3 is 3.00 bits per heavy atom. The molecule has 0 spiro atoms. The van der Waals surface area contributed by atoms with E-state index >= 15 is 0 Å². The molecule has 0 amide bonds. The molecule has 82 valence electrons. The fourth-order valence-corrected chi connectivity index (χ4v) is 1.36. The molecule has 0 N–H and O–H groups in total. The van der Waals surface area contributed by atoms with E-state index in [1.807, 2.05) is 0 Å². The molecule has 0 aromatic rings. The SMILES string of the molecule is CCOC(=O)C(C)OCC1CCCO1. The first kappa shape index (κ1) is 11.5. The number of esters is 1. The monoisotopic (exact) mass is 202 g/mol. The van der Waals surface area contributed by atoms with E-state index in [0.717, 1.165) is 19.4 Å². The minimum atomic E-state index is -0.487. The third kappa shape index (κ3) is 3.64. The summed E-state index contributed by atoms with van der Waals surface area (Å²) >= 11 is 0. The quantitative estimate of drug-likeness (QED) is 0.627. The Morgan fingerprint density at radius 1 is 1.64 bits per heavy atom. The Bertz CT molecular complexity index is 175. The fourth-order valence-electron chi connectivity index (χ4n) is 1.36. The molecule has 1 rings (SSSR count). The van der Waals surface area contributed by atoms with Crippen LogP contribution in [0.3, 0.4) is 0 Å². The fraction of sp³-hybridized carbons (Fsp3) is 0.900. The van der Waals surface area contributed by atoms with Crippen molar-refractivity contribution in [1.29, 1.82) is 0 Å². The normalized spacial score (nSPS) is 23.4. The minimum Gasteiger partial charge on any atom is -0.464 e. The van der Waals surface area contributed by atoms with Crippen LogP contribution in [0.4, 0.5) is 0 Å². The van der Waals surface area contributed by atoms with Crippen molar-refractivity contribution in [1.82, 2.24) is 0 Å². The van der Waals surface area contributed by atoms with Crippen LogP contribution >= 0.6 is 0 Å². The maximum Gasteiger partial charge on any atom is 0.334 e. The highest BCUT2D eigenvalue weighted by molar-refractivity contribution is 5.74. The number of carbonyl (C=O) groups is 1. The Hall–Kier alpha value is -0.610. The predicted octanol–water partition coefficient (Wildman–Crippen LogP) is 1.13. The van der Waals surface area contributed by atoms with Gasteiger partial charge in [0.15, 0.2) is 6.10 Å². The van der Waals surface area contributed by atoms with E-state index in [0.29, 0.717) is 13.2 Å². The summed E-state index contributed by atoms with van der Waals surface area (Å²) in [5, 5.41) is 0. The molecular weight excluding hydrogens is 184 g/mol. The number of hydrogen-bond acceptors (Lipinski definition) is 4. The van der Waals surface area contributed by atoms with Crippen molar-refractivity contribution in [3.8, 4) is 0 Å². The predicted molar refractivity (Wildman–Crippen MR) is 51.0 cm³/mol. The Morgan fingerprint density at radius 2 is 2.43 bits per heavy atom. The molecule has 4 nitrogen and oxygen atoms in total. The van der Waals surface area contributed by atoms with Crippen LogP contribution in [-0.4, -0.2) is 38.0 Å². The van der Waals surface area contributed by atoms with Gasteiger partial charge in [0.25, 0.3) is 0 Å². The second-order valence-corrected chi connectivity index (χ2v) is 3.36. The van der Waals surface area contributed by atoms with Gasteiger partial charge in [-0.05, 0) is 26.7 Å². The van der Waals surface area contributed by atoms with Crippen molar-refractivity contribution in [2.75, 3.05) is 19.8 Å². The average Bonchev–Trinajstić information content (AvgIpc) is 2.67. The molecule has 0 aromatic carbocycles. The summed E-state index contributed by atoms with van der Waals surface area (Å²) in [7, 11) is 0. The molecule has 0 bridgehead atoms. The molecular formula is C10H18O4. The van der Waals surface area contributed by atoms with Gasteiger partial charge in [0.2, 0.25) is 0 Å². The first-order valence-electron chi connectivity index (χ1n) is 5.14. The lowest BCUT2D eigenvalue weighted by molar-refractivity contribution is -0.157. The van der Waals surface area contributed by atoms with Crippen LogP contribution in [0.25, 0.3) is 0 Å². The highest BCUT2D eigenvalue weighted by Crippen LogP contribution is 2.12. The lowest BCUT2D eigenvalue weighted by Crippen LogP contribution is -2.27. The second-order valence-electron chi connectivity index (χ2n) is 3.36.